The van der Waals surface area contributed by atoms with E-state index in [0.29, 0.717) is 30.4 Å². The maximum absolute atomic E-state index is 13.3. The van der Waals surface area contributed by atoms with E-state index in [1.165, 1.54) is 12.1 Å². The van der Waals surface area contributed by atoms with Crippen LogP contribution in [-0.2, 0) is 6.42 Å². The topological polar surface area (TPSA) is 26.0 Å². The molecule has 0 aliphatic carbocycles. The lowest BCUT2D eigenvalue weighted by Gasteiger charge is -2.18. The van der Waals surface area contributed by atoms with E-state index < -0.39 is 11.6 Å². The molecular weight excluding hydrogens is 196 g/mol. The van der Waals surface area contributed by atoms with Crippen LogP contribution in [0.15, 0.2) is 18.2 Å². The number of hydrogen-bond donors (Lipinski definition) is 1. The lowest BCUT2D eigenvalue weighted by atomic mass is 9.89. The Kier molecular flexibility index (Phi) is 4.21. The largest absolute Gasteiger partial charge is 0.330 e. The monoisotopic (exact) mass is 213 g/mol. The highest BCUT2D eigenvalue weighted by Crippen LogP contribution is 2.19. The molecule has 0 aliphatic rings. The quantitative estimate of drug-likeness (QED) is 0.817. The number of rotatable bonds is 4. The highest BCUT2D eigenvalue weighted by atomic mass is 19.1. The predicted molar refractivity (Wildman–Crippen MR) is 57.4 cm³/mol. The number of halogens is 2. The van der Waals surface area contributed by atoms with Crippen molar-refractivity contribution in [3.63, 3.8) is 0 Å². The summed E-state index contributed by atoms with van der Waals surface area (Å²) in [5.41, 5.74) is 6.09. The van der Waals surface area contributed by atoms with Crippen LogP contribution < -0.4 is 5.73 Å². The highest BCUT2D eigenvalue weighted by Gasteiger charge is 2.13. The molecule has 2 atom stereocenters. The Morgan fingerprint density at radius 1 is 1.20 bits per heavy atom. The zero-order chi connectivity index (χ0) is 11.4. The van der Waals surface area contributed by atoms with E-state index in [1.807, 2.05) is 13.8 Å². The third-order valence-electron chi connectivity index (χ3n) is 2.90. The molecule has 84 valence electrons. The highest BCUT2D eigenvalue weighted by molar-refractivity contribution is 5.19. The minimum absolute atomic E-state index is 0.301. The Balaban J connectivity index is 2.72. The zero-order valence-electron chi connectivity index (χ0n) is 9.13. The molecule has 0 spiro atoms. The smallest absolute Gasteiger partial charge is 0.129 e. The summed E-state index contributed by atoms with van der Waals surface area (Å²) < 4.78 is 26.0. The third-order valence-corrected chi connectivity index (χ3v) is 2.90. The number of nitrogens with two attached hydrogens (primary N) is 1. The van der Waals surface area contributed by atoms with E-state index in [1.54, 1.807) is 0 Å². The fourth-order valence-electron chi connectivity index (χ4n) is 1.47. The van der Waals surface area contributed by atoms with Crippen molar-refractivity contribution < 1.29 is 8.78 Å². The van der Waals surface area contributed by atoms with E-state index in [4.69, 9.17) is 5.73 Å². The molecular formula is C12H17F2N. The van der Waals surface area contributed by atoms with Gasteiger partial charge in [-0.05, 0) is 36.4 Å². The Morgan fingerprint density at radius 2 is 1.87 bits per heavy atom. The van der Waals surface area contributed by atoms with E-state index in [-0.39, 0.29) is 0 Å². The predicted octanol–water partition coefficient (Wildman–Crippen LogP) is 2.74. The van der Waals surface area contributed by atoms with Crippen molar-refractivity contribution in [3.8, 4) is 0 Å². The summed E-state index contributed by atoms with van der Waals surface area (Å²) in [6.07, 6.45) is 0.602. The van der Waals surface area contributed by atoms with Crippen LogP contribution in [0.1, 0.15) is 19.4 Å². The molecule has 0 bridgehead atoms. The molecule has 0 radical (unpaired) electrons. The van der Waals surface area contributed by atoms with Gasteiger partial charge in [0, 0.05) is 6.07 Å². The summed E-state index contributed by atoms with van der Waals surface area (Å²) in [4.78, 5) is 0. The normalized spacial score (nSPS) is 15.0. The molecule has 0 aromatic heterocycles. The summed E-state index contributed by atoms with van der Waals surface area (Å²) in [6.45, 7) is 4.65. The van der Waals surface area contributed by atoms with E-state index >= 15 is 0 Å². The summed E-state index contributed by atoms with van der Waals surface area (Å²) in [5.74, 6) is -0.355. The molecule has 0 heterocycles. The van der Waals surface area contributed by atoms with Gasteiger partial charge in [-0.2, -0.15) is 0 Å². The molecule has 1 aromatic rings. The van der Waals surface area contributed by atoms with Gasteiger partial charge >= 0.3 is 0 Å². The minimum atomic E-state index is -0.532. The van der Waals surface area contributed by atoms with Gasteiger partial charge in [0.2, 0.25) is 0 Å². The average molecular weight is 213 g/mol. The fraction of sp³-hybridized carbons (Fsp3) is 0.500. The molecule has 0 aliphatic heterocycles. The first-order valence-electron chi connectivity index (χ1n) is 5.18. The molecule has 1 nitrogen and oxygen atoms in total. The maximum atomic E-state index is 13.3. The van der Waals surface area contributed by atoms with E-state index in [2.05, 4.69) is 0 Å². The molecule has 0 saturated heterocycles. The summed E-state index contributed by atoms with van der Waals surface area (Å²) in [6, 6.07) is 3.72. The Labute approximate surface area is 89.3 Å². The second-order valence-corrected chi connectivity index (χ2v) is 4.13. The molecule has 0 amide bonds. The molecule has 15 heavy (non-hydrogen) atoms. The van der Waals surface area contributed by atoms with Gasteiger partial charge in [0.05, 0.1) is 0 Å². The van der Waals surface area contributed by atoms with Crippen LogP contribution in [0, 0.1) is 23.5 Å². The zero-order valence-corrected chi connectivity index (χ0v) is 9.13. The third kappa shape index (κ3) is 3.27. The van der Waals surface area contributed by atoms with Gasteiger partial charge in [-0.1, -0.05) is 19.9 Å². The van der Waals surface area contributed by atoms with E-state index in [0.717, 1.165) is 6.07 Å². The SMILES string of the molecule is CC(CN)C(C)Cc1ccc(F)cc1F. The molecule has 1 aromatic carbocycles. The van der Waals surface area contributed by atoms with Gasteiger partial charge in [0.15, 0.2) is 0 Å². The molecule has 0 fully saturated rings. The second-order valence-electron chi connectivity index (χ2n) is 4.13. The summed E-state index contributed by atoms with van der Waals surface area (Å²) in [7, 11) is 0. The first-order valence-corrected chi connectivity index (χ1v) is 5.18. The Hall–Kier alpha value is -0.960. The lowest BCUT2D eigenvalue weighted by Crippen LogP contribution is -2.20. The van der Waals surface area contributed by atoms with Crippen LogP contribution >= 0.6 is 0 Å². The van der Waals surface area contributed by atoms with Gasteiger partial charge in [0.1, 0.15) is 11.6 Å². The van der Waals surface area contributed by atoms with Gasteiger partial charge in [0.25, 0.3) is 0 Å². The Bertz CT molecular complexity index is 325. The van der Waals surface area contributed by atoms with Crippen LogP contribution in [0.3, 0.4) is 0 Å². The van der Waals surface area contributed by atoms with Crippen molar-refractivity contribution in [2.24, 2.45) is 17.6 Å². The molecule has 2 N–H and O–H groups in total. The van der Waals surface area contributed by atoms with Gasteiger partial charge in [-0.25, -0.2) is 8.78 Å². The first-order chi connectivity index (χ1) is 7.04. The first kappa shape index (κ1) is 12.1. The summed E-state index contributed by atoms with van der Waals surface area (Å²) >= 11 is 0. The lowest BCUT2D eigenvalue weighted by molar-refractivity contribution is 0.388. The van der Waals surface area contributed by atoms with Gasteiger partial charge < -0.3 is 5.73 Å². The van der Waals surface area contributed by atoms with Gasteiger partial charge in [-0.15, -0.1) is 0 Å². The molecule has 1 rings (SSSR count). The van der Waals surface area contributed by atoms with Crippen molar-refractivity contribution in [3.05, 3.63) is 35.4 Å². The standard InChI is InChI=1S/C12H17F2N/c1-8(9(2)7-15)5-10-3-4-11(13)6-12(10)14/h3-4,6,8-9H,5,7,15H2,1-2H3. The van der Waals surface area contributed by atoms with Crippen LogP contribution in [0.25, 0.3) is 0 Å². The van der Waals surface area contributed by atoms with Crippen molar-refractivity contribution in [1.29, 1.82) is 0 Å². The average Bonchev–Trinajstić information content (AvgIpc) is 2.20. The second kappa shape index (κ2) is 5.21. The molecule has 3 heteroatoms. The number of hydrogen-bond acceptors (Lipinski definition) is 1. The van der Waals surface area contributed by atoms with Crippen molar-refractivity contribution in [2.45, 2.75) is 20.3 Å². The Morgan fingerprint density at radius 3 is 2.40 bits per heavy atom. The number of benzene rings is 1. The fourth-order valence-corrected chi connectivity index (χ4v) is 1.47. The van der Waals surface area contributed by atoms with Crippen LogP contribution in [0.5, 0.6) is 0 Å². The van der Waals surface area contributed by atoms with Gasteiger partial charge in [-0.3, -0.25) is 0 Å². The van der Waals surface area contributed by atoms with E-state index in [9.17, 15) is 8.78 Å². The van der Waals surface area contributed by atoms with Crippen molar-refractivity contribution in [2.75, 3.05) is 6.54 Å². The van der Waals surface area contributed by atoms with Crippen molar-refractivity contribution in [1.82, 2.24) is 0 Å². The maximum Gasteiger partial charge on any atom is 0.129 e. The van der Waals surface area contributed by atoms with Crippen LogP contribution in [0.2, 0.25) is 0 Å². The minimum Gasteiger partial charge on any atom is -0.330 e. The molecule has 0 saturated carbocycles. The van der Waals surface area contributed by atoms with Crippen LogP contribution in [0.4, 0.5) is 8.78 Å². The molecule has 2 unspecified atom stereocenters. The van der Waals surface area contributed by atoms with Crippen molar-refractivity contribution >= 4 is 0 Å². The van der Waals surface area contributed by atoms with Crippen LogP contribution in [-0.4, -0.2) is 6.54 Å². The summed E-state index contributed by atoms with van der Waals surface area (Å²) in [5, 5.41) is 0.